The summed E-state index contributed by atoms with van der Waals surface area (Å²) in [6.07, 6.45) is 0.571. The quantitative estimate of drug-likeness (QED) is 0.706. The highest BCUT2D eigenvalue weighted by Crippen LogP contribution is 2.33. The minimum absolute atomic E-state index is 0.116. The van der Waals surface area contributed by atoms with Crippen LogP contribution in [-0.4, -0.2) is 35.9 Å². The zero-order valence-corrected chi connectivity index (χ0v) is 16.3. The molecule has 3 rings (SSSR count). The lowest BCUT2D eigenvalue weighted by Gasteiger charge is -2.08. The molecule has 0 spiro atoms. The normalized spacial score (nSPS) is 11.0. The molecule has 0 atom stereocenters. The van der Waals surface area contributed by atoms with Crippen molar-refractivity contribution in [2.24, 2.45) is 13.0 Å². The molecule has 1 aromatic carbocycles. The van der Waals surface area contributed by atoms with Crippen LogP contribution < -0.4 is 0 Å². The van der Waals surface area contributed by atoms with E-state index in [2.05, 4.69) is 35.4 Å². The van der Waals surface area contributed by atoms with Crippen LogP contribution in [0.4, 0.5) is 0 Å². The van der Waals surface area contributed by atoms with Crippen molar-refractivity contribution in [1.29, 1.82) is 5.26 Å². The van der Waals surface area contributed by atoms with Gasteiger partial charge in [-0.2, -0.15) is 5.26 Å². The Kier molecular flexibility index (Phi) is 5.27. The second-order valence-electron chi connectivity index (χ2n) is 7.03. The van der Waals surface area contributed by atoms with Gasteiger partial charge in [0.1, 0.15) is 11.8 Å². The summed E-state index contributed by atoms with van der Waals surface area (Å²) < 4.78 is 3.34. The molecule has 0 aliphatic carbocycles. The zero-order chi connectivity index (χ0) is 20.4. The van der Waals surface area contributed by atoms with Crippen molar-refractivity contribution in [3.8, 4) is 28.6 Å². The molecular weight excluding hydrogens is 356 g/mol. The van der Waals surface area contributed by atoms with E-state index in [4.69, 9.17) is 0 Å². The Balaban J connectivity index is 2.10. The number of aromatic nitrogens is 5. The van der Waals surface area contributed by atoms with Crippen molar-refractivity contribution in [2.45, 2.75) is 33.7 Å². The van der Waals surface area contributed by atoms with Crippen LogP contribution in [0.5, 0.6) is 0 Å². The van der Waals surface area contributed by atoms with Gasteiger partial charge in [-0.3, -0.25) is 0 Å². The van der Waals surface area contributed by atoms with E-state index in [0.717, 1.165) is 5.56 Å². The van der Waals surface area contributed by atoms with E-state index in [9.17, 15) is 15.2 Å². The van der Waals surface area contributed by atoms with E-state index in [1.807, 2.05) is 31.2 Å². The first kappa shape index (κ1) is 19.3. The Labute approximate surface area is 163 Å². The molecule has 28 heavy (non-hydrogen) atoms. The first-order valence-electron chi connectivity index (χ1n) is 9.10. The fourth-order valence-electron chi connectivity index (χ4n) is 3.47. The van der Waals surface area contributed by atoms with Crippen LogP contribution in [0, 0.1) is 17.2 Å². The molecule has 0 aliphatic heterocycles. The maximum absolute atomic E-state index is 11.9. The van der Waals surface area contributed by atoms with Gasteiger partial charge < -0.3 is 9.67 Å². The molecule has 0 saturated carbocycles. The molecule has 8 heteroatoms. The summed E-state index contributed by atoms with van der Waals surface area (Å²) in [7, 11) is 1.68. The number of rotatable bonds is 6. The Hall–Kier alpha value is -3.47. The van der Waals surface area contributed by atoms with Crippen molar-refractivity contribution in [2.75, 3.05) is 0 Å². The van der Waals surface area contributed by atoms with E-state index in [1.165, 1.54) is 0 Å². The van der Waals surface area contributed by atoms with Gasteiger partial charge >= 0.3 is 5.97 Å². The number of tetrazole rings is 1. The highest BCUT2D eigenvalue weighted by molar-refractivity contribution is 5.97. The SMILES string of the molecule is CCc1c(C#N)c(-c2ccc(-c3nnnn3CC(C)C)cc2)c(C(=O)O)n1C. The molecule has 0 radical (unpaired) electrons. The summed E-state index contributed by atoms with van der Waals surface area (Å²) in [5.41, 5.74) is 3.18. The van der Waals surface area contributed by atoms with Gasteiger partial charge in [0.15, 0.2) is 5.82 Å². The van der Waals surface area contributed by atoms with Gasteiger partial charge in [-0.15, -0.1) is 5.10 Å². The molecule has 0 saturated heterocycles. The Morgan fingerprint density at radius 1 is 1.25 bits per heavy atom. The first-order valence-corrected chi connectivity index (χ1v) is 9.10. The van der Waals surface area contributed by atoms with Crippen LogP contribution in [0.2, 0.25) is 0 Å². The highest BCUT2D eigenvalue weighted by Gasteiger charge is 2.25. The summed E-state index contributed by atoms with van der Waals surface area (Å²) in [5.74, 6) is -0.00482. The molecule has 1 N–H and O–H groups in total. The molecule has 2 aromatic heterocycles. The van der Waals surface area contributed by atoms with E-state index in [-0.39, 0.29) is 5.69 Å². The topological polar surface area (TPSA) is 110 Å². The minimum Gasteiger partial charge on any atom is -0.477 e. The van der Waals surface area contributed by atoms with Crippen LogP contribution in [0.1, 0.15) is 42.5 Å². The van der Waals surface area contributed by atoms with Crippen LogP contribution in [0.25, 0.3) is 22.5 Å². The first-order chi connectivity index (χ1) is 13.4. The third kappa shape index (κ3) is 3.27. The number of aromatic carboxylic acids is 1. The minimum atomic E-state index is -1.06. The fourth-order valence-corrected chi connectivity index (χ4v) is 3.47. The maximum atomic E-state index is 11.9. The number of carbonyl (C=O) groups is 1. The zero-order valence-electron chi connectivity index (χ0n) is 16.3. The number of benzene rings is 1. The largest absolute Gasteiger partial charge is 0.477 e. The predicted octanol–water partition coefficient (Wildman–Crippen LogP) is 3.13. The van der Waals surface area contributed by atoms with Crippen molar-refractivity contribution in [3.63, 3.8) is 0 Å². The van der Waals surface area contributed by atoms with Gasteiger partial charge in [-0.05, 0) is 28.3 Å². The third-order valence-corrected chi connectivity index (χ3v) is 4.67. The highest BCUT2D eigenvalue weighted by atomic mass is 16.4. The molecule has 0 aliphatic rings. The summed E-state index contributed by atoms with van der Waals surface area (Å²) in [4.78, 5) is 11.9. The van der Waals surface area contributed by atoms with E-state index in [1.54, 1.807) is 16.3 Å². The van der Waals surface area contributed by atoms with Crippen molar-refractivity contribution in [3.05, 3.63) is 41.2 Å². The molecule has 8 nitrogen and oxygen atoms in total. The number of carboxylic acid groups (broad SMARTS) is 1. The number of nitriles is 1. The fraction of sp³-hybridized carbons (Fsp3) is 0.350. The van der Waals surface area contributed by atoms with Crippen molar-refractivity contribution >= 4 is 5.97 Å². The predicted molar refractivity (Wildman–Crippen MR) is 104 cm³/mol. The average Bonchev–Trinajstić information content (AvgIpc) is 3.22. The summed E-state index contributed by atoms with van der Waals surface area (Å²) in [6.45, 7) is 6.78. The summed E-state index contributed by atoms with van der Waals surface area (Å²) in [5, 5.41) is 31.3. The molecule has 2 heterocycles. The van der Waals surface area contributed by atoms with E-state index >= 15 is 0 Å². The third-order valence-electron chi connectivity index (χ3n) is 4.67. The lowest BCUT2D eigenvalue weighted by atomic mass is 9.98. The number of hydrogen-bond acceptors (Lipinski definition) is 5. The average molecular weight is 378 g/mol. The molecule has 0 bridgehead atoms. The van der Waals surface area contributed by atoms with Crippen molar-refractivity contribution in [1.82, 2.24) is 24.8 Å². The van der Waals surface area contributed by atoms with Crippen LogP contribution in [0.15, 0.2) is 24.3 Å². The second-order valence-corrected chi connectivity index (χ2v) is 7.03. The lowest BCUT2D eigenvalue weighted by Crippen LogP contribution is -2.08. The smallest absolute Gasteiger partial charge is 0.353 e. The Bertz CT molecular complexity index is 1050. The number of carboxylic acids is 1. The van der Waals surface area contributed by atoms with E-state index < -0.39 is 5.97 Å². The lowest BCUT2D eigenvalue weighted by molar-refractivity contribution is 0.0687. The maximum Gasteiger partial charge on any atom is 0.353 e. The van der Waals surface area contributed by atoms with Crippen molar-refractivity contribution < 1.29 is 9.90 Å². The van der Waals surface area contributed by atoms with Gasteiger partial charge in [0, 0.05) is 30.4 Å². The van der Waals surface area contributed by atoms with E-state index in [0.29, 0.717) is 47.1 Å². The molecule has 3 aromatic rings. The summed E-state index contributed by atoms with van der Waals surface area (Å²) >= 11 is 0. The van der Waals surface area contributed by atoms with Crippen LogP contribution in [-0.2, 0) is 20.0 Å². The van der Waals surface area contributed by atoms with Gasteiger partial charge in [-0.25, -0.2) is 9.48 Å². The van der Waals surface area contributed by atoms with Gasteiger partial charge in [0.2, 0.25) is 0 Å². The molecule has 0 unspecified atom stereocenters. The summed E-state index contributed by atoms with van der Waals surface area (Å²) in [6, 6.07) is 9.51. The second kappa shape index (κ2) is 7.64. The Morgan fingerprint density at radius 2 is 1.89 bits per heavy atom. The van der Waals surface area contributed by atoms with Gasteiger partial charge in [0.25, 0.3) is 0 Å². The van der Waals surface area contributed by atoms with Gasteiger partial charge in [0.05, 0.1) is 5.56 Å². The number of hydrogen-bond donors (Lipinski definition) is 1. The van der Waals surface area contributed by atoms with Crippen LogP contribution in [0.3, 0.4) is 0 Å². The van der Waals surface area contributed by atoms with Crippen LogP contribution >= 0.6 is 0 Å². The number of nitrogens with zero attached hydrogens (tertiary/aromatic N) is 6. The molecule has 144 valence electrons. The molecule has 0 amide bonds. The van der Waals surface area contributed by atoms with Gasteiger partial charge in [-0.1, -0.05) is 45.0 Å². The molecular formula is C20H22N6O2. The monoisotopic (exact) mass is 378 g/mol. The Morgan fingerprint density at radius 3 is 2.43 bits per heavy atom. The standard InChI is InChI=1S/C20H22N6O2/c1-5-16-15(10-21)17(18(20(27)28)25(16)4)13-6-8-14(9-7-13)19-22-23-24-26(19)11-12(2)3/h6-9,12H,5,11H2,1-4H3,(H,27,28). The molecule has 0 fully saturated rings.